The molecule has 0 unspecified atom stereocenters. The first-order chi connectivity index (χ1) is 14.8. The van der Waals surface area contributed by atoms with Gasteiger partial charge in [-0.2, -0.15) is 4.98 Å². The molecule has 2 heterocycles. The highest BCUT2D eigenvalue weighted by atomic mass is 35.5. The number of imide groups is 1. The fourth-order valence-electron chi connectivity index (χ4n) is 2.99. The Kier molecular flexibility index (Phi) is 5.47. The van der Waals surface area contributed by atoms with E-state index in [0.717, 1.165) is 4.90 Å². The quantitative estimate of drug-likeness (QED) is 0.417. The van der Waals surface area contributed by atoms with E-state index >= 15 is 0 Å². The SMILES string of the molecule is C[C@@H](C(=O)OCc1noc(-c2ccc(F)cc2)n1)N1C(=O)c2cc(Cl)c(Cl)cc2C1=O. The van der Waals surface area contributed by atoms with Gasteiger partial charge in [-0.1, -0.05) is 28.4 Å². The fourth-order valence-corrected chi connectivity index (χ4v) is 3.32. The highest BCUT2D eigenvalue weighted by Crippen LogP contribution is 2.32. The smallest absolute Gasteiger partial charge is 0.329 e. The third kappa shape index (κ3) is 3.89. The van der Waals surface area contributed by atoms with Crippen molar-refractivity contribution in [3.05, 3.63) is 69.2 Å². The van der Waals surface area contributed by atoms with Gasteiger partial charge in [0, 0.05) is 5.56 Å². The molecule has 31 heavy (non-hydrogen) atoms. The summed E-state index contributed by atoms with van der Waals surface area (Å²) in [5, 5.41) is 3.93. The number of hydrogen-bond donors (Lipinski definition) is 0. The monoisotopic (exact) mass is 463 g/mol. The van der Waals surface area contributed by atoms with Crippen LogP contribution in [0.2, 0.25) is 10.0 Å². The van der Waals surface area contributed by atoms with Crippen molar-refractivity contribution in [1.82, 2.24) is 15.0 Å². The number of fused-ring (bicyclic) bond motifs is 1. The summed E-state index contributed by atoms with van der Waals surface area (Å²) in [5.74, 6) is -2.44. The molecule has 4 rings (SSSR count). The van der Waals surface area contributed by atoms with Gasteiger partial charge >= 0.3 is 5.97 Å². The molecule has 0 fully saturated rings. The van der Waals surface area contributed by atoms with Crippen molar-refractivity contribution < 1.29 is 28.0 Å². The molecule has 158 valence electrons. The maximum Gasteiger partial charge on any atom is 0.329 e. The van der Waals surface area contributed by atoms with Gasteiger partial charge in [0.05, 0.1) is 21.2 Å². The third-order valence-electron chi connectivity index (χ3n) is 4.59. The van der Waals surface area contributed by atoms with Gasteiger partial charge < -0.3 is 9.26 Å². The summed E-state index contributed by atoms with van der Waals surface area (Å²) in [6.07, 6.45) is 0. The van der Waals surface area contributed by atoms with Crippen LogP contribution in [0.5, 0.6) is 0 Å². The Balaban J connectivity index is 1.43. The Bertz CT molecular complexity index is 1170. The lowest BCUT2D eigenvalue weighted by Gasteiger charge is -2.20. The first-order valence-corrected chi connectivity index (χ1v) is 9.64. The Morgan fingerprint density at radius 1 is 1.13 bits per heavy atom. The summed E-state index contributed by atoms with van der Waals surface area (Å²) in [6, 6.07) is 6.76. The third-order valence-corrected chi connectivity index (χ3v) is 5.31. The van der Waals surface area contributed by atoms with Crippen LogP contribution < -0.4 is 0 Å². The molecule has 1 atom stereocenters. The lowest BCUT2D eigenvalue weighted by atomic mass is 10.1. The molecule has 0 bridgehead atoms. The molecule has 2 amide bonds. The van der Waals surface area contributed by atoms with E-state index < -0.39 is 29.6 Å². The molecule has 11 heteroatoms. The van der Waals surface area contributed by atoms with Crippen LogP contribution in [0.25, 0.3) is 11.5 Å². The predicted octanol–water partition coefficient (Wildman–Crippen LogP) is 3.91. The van der Waals surface area contributed by atoms with Crippen LogP contribution in [0.15, 0.2) is 40.9 Å². The van der Waals surface area contributed by atoms with Gasteiger partial charge in [-0.05, 0) is 43.3 Å². The van der Waals surface area contributed by atoms with Gasteiger partial charge in [-0.3, -0.25) is 14.5 Å². The molecule has 0 spiro atoms. The molecule has 0 saturated heterocycles. The molecular formula is C20H12Cl2FN3O5. The van der Waals surface area contributed by atoms with E-state index in [1.165, 1.54) is 43.3 Å². The largest absolute Gasteiger partial charge is 0.456 e. The molecule has 3 aromatic rings. The van der Waals surface area contributed by atoms with Crippen LogP contribution in [0.3, 0.4) is 0 Å². The van der Waals surface area contributed by atoms with E-state index in [1.807, 2.05) is 0 Å². The molecule has 2 aromatic carbocycles. The second kappa shape index (κ2) is 8.09. The van der Waals surface area contributed by atoms with E-state index in [2.05, 4.69) is 10.1 Å². The number of esters is 1. The van der Waals surface area contributed by atoms with Crippen molar-refractivity contribution >= 4 is 41.0 Å². The fraction of sp³-hybridized carbons (Fsp3) is 0.150. The highest BCUT2D eigenvalue weighted by molar-refractivity contribution is 6.43. The zero-order valence-electron chi connectivity index (χ0n) is 15.8. The molecule has 0 radical (unpaired) electrons. The van der Waals surface area contributed by atoms with Gasteiger partial charge in [-0.25, -0.2) is 9.18 Å². The van der Waals surface area contributed by atoms with Crippen LogP contribution in [-0.4, -0.2) is 38.9 Å². The number of carbonyl (C=O) groups excluding carboxylic acids is 3. The minimum absolute atomic E-state index is 0.0563. The first kappa shape index (κ1) is 21.0. The summed E-state index contributed by atoms with van der Waals surface area (Å²) < 4.78 is 23.2. The minimum Gasteiger partial charge on any atom is -0.456 e. The first-order valence-electron chi connectivity index (χ1n) is 8.88. The summed E-state index contributed by atoms with van der Waals surface area (Å²) in [5.41, 5.74) is 0.602. The van der Waals surface area contributed by atoms with E-state index in [-0.39, 0.29) is 39.5 Å². The minimum atomic E-state index is -1.21. The molecule has 1 aliphatic heterocycles. The molecule has 0 aliphatic carbocycles. The second-order valence-electron chi connectivity index (χ2n) is 6.60. The zero-order valence-corrected chi connectivity index (χ0v) is 17.3. The van der Waals surface area contributed by atoms with E-state index in [0.29, 0.717) is 5.56 Å². The van der Waals surface area contributed by atoms with Crippen LogP contribution in [0.1, 0.15) is 33.5 Å². The maximum absolute atomic E-state index is 13.0. The number of hydrogen-bond acceptors (Lipinski definition) is 7. The Labute approximate surface area is 184 Å². The van der Waals surface area contributed by atoms with E-state index in [4.69, 9.17) is 32.5 Å². The van der Waals surface area contributed by atoms with Gasteiger partial charge in [0.1, 0.15) is 11.9 Å². The molecular weight excluding hydrogens is 452 g/mol. The average Bonchev–Trinajstić information content (AvgIpc) is 3.31. The topological polar surface area (TPSA) is 103 Å². The number of amides is 2. The number of benzene rings is 2. The number of rotatable bonds is 5. The van der Waals surface area contributed by atoms with Gasteiger partial charge in [0.25, 0.3) is 17.7 Å². The van der Waals surface area contributed by atoms with E-state index in [1.54, 1.807) is 0 Å². The van der Waals surface area contributed by atoms with Crippen molar-refractivity contribution in [2.24, 2.45) is 0 Å². The summed E-state index contributed by atoms with van der Waals surface area (Å²) >= 11 is 11.8. The summed E-state index contributed by atoms with van der Waals surface area (Å²) in [4.78, 5) is 42.5. The van der Waals surface area contributed by atoms with Gasteiger partial charge in [-0.15, -0.1) is 0 Å². The van der Waals surface area contributed by atoms with Crippen molar-refractivity contribution in [2.45, 2.75) is 19.6 Å². The van der Waals surface area contributed by atoms with Crippen molar-refractivity contribution in [1.29, 1.82) is 0 Å². The highest BCUT2D eigenvalue weighted by Gasteiger charge is 2.42. The van der Waals surface area contributed by atoms with Crippen LogP contribution in [-0.2, 0) is 16.1 Å². The number of carbonyl (C=O) groups is 3. The molecule has 0 saturated carbocycles. The average molecular weight is 464 g/mol. The zero-order chi connectivity index (χ0) is 22.3. The van der Waals surface area contributed by atoms with Crippen molar-refractivity contribution in [2.75, 3.05) is 0 Å². The van der Waals surface area contributed by atoms with Crippen LogP contribution in [0, 0.1) is 5.82 Å². The standard InChI is InChI=1S/C20H12Cl2FN3O5/c1-9(26-18(27)12-6-14(21)15(22)7-13(12)19(26)28)20(29)30-8-16-24-17(31-25-16)10-2-4-11(23)5-3-10/h2-7,9H,8H2,1H3/t9-/m0/s1. The summed E-state index contributed by atoms with van der Waals surface area (Å²) in [7, 11) is 0. The van der Waals surface area contributed by atoms with E-state index in [9.17, 15) is 18.8 Å². The molecule has 1 aromatic heterocycles. The van der Waals surface area contributed by atoms with Crippen molar-refractivity contribution in [3.8, 4) is 11.5 Å². The Morgan fingerprint density at radius 2 is 1.71 bits per heavy atom. The summed E-state index contributed by atoms with van der Waals surface area (Å²) in [6.45, 7) is 1.00. The lowest BCUT2D eigenvalue weighted by molar-refractivity contribution is -0.149. The number of halogens is 3. The van der Waals surface area contributed by atoms with Gasteiger partial charge in [0.15, 0.2) is 6.61 Å². The molecule has 1 aliphatic rings. The second-order valence-corrected chi connectivity index (χ2v) is 7.41. The van der Waals surface area contributed by atoms with Crippen molar-refractivity contribution in [3.63, 3.8) is 0 Å². The molecule has 8 nitrogen and oxygen atoms in total. The normalized spacial score (nSPS) is 14.0. The van der Waals surface area contributed by atoms with Crippen LogP contribution >= 0.6 is 23.2 Å². The van der Waals surface area contributed by atoms with Gasteiger partial charge in [0.2, 0.25) is 5.82 Å². The number of aromatic nitrogens is 2. The van der Waals surface area contributed by atoms with Crippen LogP contribution in [0.4, 0.5) is 4.39 Å². The maximum atomic E-state index is 13.0. The molecule has 0 N–H and O–H groups in total. The Hall–Kier alpha value is -3.30. The lowest BCUT2D eigenvalue weighted by Crippen LogP contribution is -2.43. The Morgan fingerprint density at radius 3 is 2.29 bits per heavy atom. The number of nitrogens with zero attached hydrogens (tertiary/aromatic N) is 3. The number of ether oxygens (including phenoxy) is 1. The predicted molar refractivity (Wildman–Crippen MR) is 106 cm³/mol.